The van der Waals surface area contributed by atoms with Gasteiger partial charge in [0.15, 0.2) is 5.76 Å². The fourth-order valence-corrected chi connectivity index (χ4v) is 3.58. The number of rotatable bonds is 6. The molecule has 7 heteroatoms. The minimum Gasteiger partial charge on any atom is -0.459 e. The molecule has 0 bridgehead atoms. The van der Waals surface area contributed by atoms with Gasteiger partial charge in [-0.1, -0.05) is 42.5 Å². The average Bonchev–Trinajstić information content (AvgIpc) is 3.45. The summed E-state index contributed by atoms with van der Waals surface area (Å²) in [7, 11) is 0. The van der Waals surface area contributed by atoms with Crippen LogP contribution in [0, 0.1) is 0 Å². The van der Waals surface area contributed by atoms with E-state index in [1.807, 2.05) is 35.7 Å². The molecule has 2 amide bonds. The lowest BCUT2D eigenvalue weighted by molar-refractivity contribution is 0.0951. The number of hydrogen-bond acceptors (Lipinski definition) is 5. The summed E-state index contributed by atoms with van der Waals surface area (Å²) in [4.78, 5) is 29.5. The standard InChI is InChI=1S/C22H17N3O3S/c26-20(23-13-16-14-29-22(24-16)15-7-2-1-3-8-15)17-9-4-5-10-18(17)25-21(27)19-11-6-12-28-19/h1-12,14H,13H2,(H,23,26)(H,25,27). The Kier molecular flexibility index (Phi) is 5.49. The van der Waals surface area contributed by atoms with Crippen molar-refractivity contribution < 1.29 is 14.0 Å². The number of nitrogens with zero attached hydrogens (tertiary/aromatic N) is 1. The SMILES string of the molecule is O=C(Nc1ccccc1C(=O)NCc1csc(-c2ccccc2)n1)c1ccco1. The second-order valence-electron chi connectivity index (χ2n) is 6.17. The van der Waals surface area contributed by atoms with E-state index in [4.69, 9.17) is 4.42 Å². The largest absolute Gasteiger partial charge is 0.459 e. The molecule has 4 aromatic rings. The summed E-state index contributed by atoms with van der Waals surface area (Å²) >= 11 is 1.53. The van der Waals surface area contributed by atoms with Gasteiger partial charge >= 0.3 is 0 Å². The van der Waals surface area contributed by atoms with Crippen LogP contribution in [0.15, 0.2) is 82.8 Å². The molecule has 0 radical (unpaired) electrons. The number of aromatic nitrogens is 1. The van der Waals surface area contributed by atoms with Crippen molar-refractivity contribution >= 4 is 28.8 Å². The topological polar surface area (TPSA) is 84.2 Å². The number of para-hydroxylation sites is 1. The van der Waals surface area contributed by atoms with Gasteiger partial charge in [-0.05, 0) is 24.3 Å². The summed E-state index contributed by atoms with van der Waals surface area (Å²) in [6.45, 7) is 0.294. The van der Waals surface area contributed by atoms with Crippen LogP contribution in [0.2, 0.25) is 0 Å². The maximum absolute atomic E-state index is 12.7. The molecule has 6 nitrogen and oxygen atoms in total. The molecule has 0 saturated heterocycles. The van der Waals surface area contributed by atoms with Gasteiger partial charge in [-0.2, -0.15) is 0 Å². The molecule has 2 heterocycles. The number of furan rings is 1. The Morgan fingerprint density at radius 2 is 1.72 bits per heavy atom. The first-order valence-corrected chi connectivity index (χ1v) is 9.80. The Morgan fingerprint density at radius 3 is 2.52 bits per heavy atom. The highest BCUT2D eigenvalue weighted by atomic mass is 32.1. The van der Waals surface area contributed by atoms with Crippen molar-refractivity contribution in [3.63, 3.8) is 0 Å². The molecule has 0 atom stereocenters. The summed E-state index contributed by atoms with van der Waals surface area (Å²) < 4.78 is 5.09. The second-order valence-corrected chi connectivity index (χ2v) is 7.03. The molecule has 4 rings (SSSR count). The van der Waals surface area contributed by atoms with Gasteiger partial charge in [-0.15, -0.1) is 11.3 Å². The summed E-state index contributed by atoms with van der Waals surface area (Å²) in [6, 6.07) is 19.9. The van der Waals surface area contributed by atoms with Gasteiger partial charge in [-0.25, -0.2) is 4.98 Å². The molecule has 0 unspecified atom stereocenters. The normalized spacial score (nSPS) is 10.5. The molecule has 2 aromatic heterocycles. The van der Waals surface area contributed by atoms with E-state index in [1.54, 1.807) is 36.4 Å². The second kappa shape index (κ2) is 8.53. The van der Waals surface area contributed by atoms with Gasteiger partial charge in [0, 0.05) is 10.9 Å². The van der Waals surface area contributed by atoms with E-state index >= 15 is 0 Å². The summed E-state index contributed by atoms with van der Waals surface area (Å²) in [6.07, 6.45) is 1.42. The fourth-order valence-electron chi connectivity index (χ4n) is 2.75. The molecule has 29 heavy (non-hydrogen) atoms. The van der Waals surface area contributed by atoms with Crippen molar-refractivity contribution in [2.75, 3.05) is 5.32 Å². The van der Waals surface area contributed by atoms with E-state index in [-0.39, 0.29) is 11.7 Å². The van der Waals surface area contributed by atoms with Gasteiger partial charge < -0.3 is 15.1 Å². The first-order chi connectivity index (χ1) is 14.2. The summed E-state index contributed by atoms with van der Waals surface area (Å²) in [5.74, 6) is -0.534. The first kappa shape index (κ1) is 18.6. The zero-order chi connectivity index (χ0) is 20.1. The van der Waals surface area contributed by atoms with E-state index < -0.39 is 5.91 Å². The Balaban J connectivity index is 1.43. The molecule has 0 aliphatic rings. The number of thiazole rings is 1. The predicted octanol–water partition coefficient (Wildman–Crippen LogP) is 4.59. The molecule has 0 aliphatic carbocycles. The first-order valence-electron chi connectivity index (χ1n) is 8.92. The smallest absolute Gasteiger partial charge is 0.291 e. The number of anilines is 1. The lowest BCUT2D eigenvalue weighted by Crippen LogP contribution is -2.25. The number of carbonyl (C=O) groups excluding carboxylic acids is 2. The average molecular weight is 403 g/mol. The van der Waals surface area contributed by atoms with Crippen LogP contribution in [0.4, 0.5) is 5.69 Å². The molecule has 0 fully saturated rings. The van der Waals surface area contributed by atoms with E-state index in [0.717, 1.165) is 16.3 Å². The number of nitrogens with one attached hydrogen (secondary N) is 2. The van der Waals surface area contributed by atoms with Crippen LogP contribution in [-0.2, 0) is 6.54 Å². The number of carbonyl (C=O) groups is 2. The van der Waals surface area contributed by atoms with Crippen LogP contribution in [0.1, 0.15) is 26.6 Å². The number of hydrogen-bond donors (Lipinski definition) is 2. The van der Waals surface area contributed by atoms with Crippen LogP contribution >= 0.6 is 11.3 Å². The van der Waals surface area contributed by atoms with Gasteiger partial charge in [0.25, 0.3) is 11.8 Å². The molecule has 0 spiro atoms. The molecule has 144 valence electrons. The third-order valence-electron chi connectivity index (χ3n) is 4.17. The minimum atomic E-state index is -0.415. The Bertz CT molecular complexity index is 1120. The van der Waals surface area contributed by atoms with Crippen LogP contribution < -0.4 is 10.6 Å². The third kappa shape index (κ3) is 4.41. The van der Waals surface area contributed by atoms with Crippen LogP contribution in [0.3, 0.4) is 0 Å². The Morgan fingerprint density at radius 1 is 0.931 bits per heavy atom. The summed E-state index contributed by atoms with van der Waals surface area (Å²) in [5, 5.41) is 8.40. The monoisotopic (exact) mass is 403 g/mol. The fraction of sp³-hybridized carbons (Fsp3) is 0.0455. The van der Waals surface area contributed by atoms with Crippen LogP contribution in [0.5, 0.6) is 0 Å². The van der Waals surface area contributed by atoms with Crippen molar-refractivity contribution in [3.8, 4) is 10.6 Å². The molecule has 2 N–H and O–H groups in total. The predicted molar refractivity (Wildman–Crippen MR) is 112 cm³/mol. The summed E-state index contributed by atoms with van der Waals surface area (Å²) in [5.41, 5.74) is 2.60. The number of benzene rings is 2. The lowest BCUT2D eigenvalue weighted by atomic mass is 10.1. The molecule has 2 aromatic carbocycles. The van der Waals surface area contributed by atoms with E-state index in [1.165, 1.54) is 17.6 Å². The lowest BCUT2D eigenvalue weighted by Gasteiger charge is -2.10. The van der Waals surface area contributed by atoms with Gasteiger partial charge in [0.1, 0.15) is 5.01 Å². The molecule has 0 aliphatic heterocycles. The minimum absolute atomic E-state index is 0.177. The van der Waals surface area contributed by atoms with Crippen molar-refractivity contribution in [2.45, 2.75) is 6.54 Å². The zero-order valence-corrected chi connectivity index (χ0v) is 16.1. The molecular formula is C22H17N3O3S. The Hall–Kier alpha value is -3.71. The van der Waals surface area contributed by atoms with Gasteiger partial charge in [0.05, 0.1) is 29.8 Å². The molecule has 0 saturated carbocycles. The van der Waals surface area contributed by atoms with Gasteiger partial charge in [-0.3, -0.25) is 9.59 Å². The maximum Gasteiger partial charge on any atom is 0.291 e. The van der Waals surface area contributed by atoms with Crippen LogP contribution in [0.25, 0.3) is 10.6 Å². The van der Waals surface area contributed by atoms with Crippen LogP contribution in [-0.4, -0.2) is 16.8 Å². The van der Waals surface area contributed by atoms with Crippen molar-refractivity contribution in [3.05, 3.63) is 95.4 Å². The van der Waals surface area contributed by atoms with E-state index in [2.05, 4.69) is 15.6 Å². The highest BCUT2D eigenvalue weighted by Crippen LogP contribution is 2.23. The highest BCUT2D eigenvalue weighted by molar-refractivity contribution is 7.13. The van der Waals surface area contributed by atoms with Crippen molar-refractivity contribution in [1.82, 2.24) is 10.3 Å². The molecular weight excluding hydrogens is 386 g/mol. The van der Waals surface area contributed by atoms with Crippen molar-refractivity contribution in [2.24, 2.45) is 0 Å². The van der Waals surface area contributed by atoms with E-state index in [9.17, 15) is 9.59 Å². The number of amides is 2. The zero-order valence-electron chi connectivity index (χ0n) is 15.3. The maximum atomic E-state index is 12.7. The highest BCUT2D eigenvalue weighted by Gasteiger charge is 2.15. The van der Waals surface area contributed by atoms with Gasteiger partial charge in [0.2, 0.25) is 0 Å². The van der Waals surface area contributed by atoms with E-state index in [0.29, 0.717) is 17.8 Å². The Labute approximate surface area is 171 Å². The third-order valence-corrected chi connectivity index (χ3v) is 5.11. The van der Waals surface area contributed by atoms with Crippen molar-refractivity contribution in [1.29, 1.82) is 0 Å². The quantitative estimate of drug-likeness (QED) is 0.493.